The zero-order valence-corrected chi connectivity index (χ0v) is 14.2. The molecule has 5 nitrogen and oxygen atoms in total. The van der Waals surface area contributed by atoms with Crippen LogP contribution < -0.4 is 10.2 Å². The van der Waals surface area contributed by atoms with Crippen molar-refractivity contribution in [2.24, 2.45) is 5.10 Å². The van der Waals surface area contributed by atoms with Crippen LogP contribution in [0.25, 0.3) is 0 Å². The largest absolute Gasteiger partial charge is 0.488 e. The van der Waals surface area contributed by atoms with Gasteiger partial charge in [-0.2, -0.15) is 5.10 Å². The SMILES string of the molecule is CC(C)(O)C(=O)N/N=C\c1ccccc1OCc1cccc(Cl)c1. The smallest absolute Gasteiger partial charge is 0.271 e. The normalized spacial score (nSPS) is 11.5. The fourth-order valence-corrected chi connectivity index (χ4v) is 2.02. The Balaban J connectivity index is 2.03. The fraction of sp³-hybridized carbons (Fsp3) is 0.222. The van der Waals surface area contributed by atoms with Crippen molar-refractivity contribution in [1.29, 1.82) is 0 Å². The number of aliphatic hydroxyl groups is 1. The van der Waals surface area contributed by atoms with Crippen LogP contribution in [0.2, 0.25) is 5.02 Å². The van der Waals surface area contributed by atoms with Gasteiger partial charge in [0, 0.05) is 10.6 Å². The lowest BCUT2D eigenvalue weighted by Crippen LogP contribution is -2.39. The molecule has 0 bridgehead atoms. The van der Waals surface area contributed by atoms with Gasteiger partial charge in [-0.05, 0) is 43.7 Å². The van der Waals surface area contributed by atoms with E-state index in [-0.39, 0.29) is 0 Å². The van der Waals surface area contributed by atoms with Crippen molar-refractivity contribution in [2.45, 2.75) is 26.1 Å². The van der Waals surface area contributed by atoms with Gasteiger partial charge in [-0.15, -0.1) is 0 Å². The maximum atomic E-state index is 11.6. The van der Waals surface area contributed by atoms with E-state index in [1.807, 2.05) is 42.5 Å². The summed E-state index contributed by atoms with van der Waals surface area (Å²) in [5.41, 5.74) is 2.45. The molecule has 0 aliphatic heterocycles. The van der Waals surface area contributed by atoms with Gasteiger partial charge in [0.1, 0.15) is 18.0 Å². The Morgan fingerprint density at radius 3 is 2.75 bits per heavy atom. The molecule has 1 amide bonds. The van der Waals surface area contributed by atoms with Gasteiger partial charge in [0.2, 0.25) is 0 Å². The molecule has 0 radical (unpaired) electrons. The monoisotopic (exact) mass is 346 g/mol. The Morgan fingerprint density at radius 1 is 1.29 bits per heavy atom. The van der Waals surface area contributed by atoms with E-state index in [0.29, 0.717) is 22.9 Å². The maximum Gasteiger partial charge on any atom is 0.271 e. The molecular formula is C18H19ClN2O3. The van der Waals surface area contributed by atoms with Crippen LogP contribution in [0.4, 0.5) is 0 Å². The first-order chi connectivity index (χ1) is 11.4. The van der Waals surface area contributed by atoms with Crippen LogP contribution in [0.5, 0.6) is 5.75 Å². The van der Waals surface area contributed by atoms with Crippen molar-refractivity contribution < 1.29 is 14.6 Å². The molecule has 0 saturated carbocycles. The maximum absolute atomic E-state index is 11.6. The zero-order valence-electron chi connectivity index (χ0n) is 13.5. The minimum Gasteiger partial charge on any atom is -0.488 e. The van der Waals surface area contributed by atoms with Gasteiger partial charge in [-0.3, -0.25) is 4.79 Å². The average molecular weight is 347 g/mol. The molecule has 0 atom stereocenters. The molecule has 2 rings (SSSR count). The van der Waals surface area contributed by atoms with E-state index >= 15 is 0 Å². The average Bonchev–Trinajstić information content (AvgIpc) is 2.53. The van der Waals surface area contributed by atoms with E-state index in [0.717, 1.165) is 5.56 Å². The van der Waals surface area contributed by atoms with Crippen LogP contribution in [-0.2, 0) is 11.4 Å². The summed E-state index contributed by atoms with van der Waals surface area (Å²) in [4.78, 5) is 11.6. The van der Waals surface area contributed by atoms with Crippen molar-refractivity contribution in [3.05, 3.63) is 64.7 Å². The molecule has 6 heteroatoms. The molecule has 0 heterocycles. The van der Waals surface area contributed by atoms with Gasteiger partial charge in [-0.1, -0.05) is 35.9 Å². The number of rotatable bonds is 6. The first-order valence-corrected chi connectivity index (χ1v) is 7.76. The van der Waals surface area contributed by atoms with Crippen LogP contribution >= 0.6 is 11.6 Å². The highest BCUT2D eigenvalue weighted by Gasteiger charge is 2.22. The number of hydrogen-bond donors (Lipinski definition) is 2. The molecule has 0 aliphatic carbocycles. The van der Waals surface area contributed by atoms with Crippen LogP contribution in [0, 0.1) is 0 Å². The second-order valence-corrected chi connectivity index (χ2v) is 6.15. The summed E-state index contributed by atoms with van der Waals surface area (Å²) in [5.74, 6) is 0.0369. The highest BCUT2D eigenvalue weighted by Crippen LogP contribution is 2.18. The van der Waals surface area contributed by atoms with Crippen LogP contribution in [-0.4, -0.2) is 22.8 Å². The Labute approximate surface area is 145 Å². The number of hydrazone groups is 1. The van der Waals surface area contributed by atoms with E-state index in [2.05, 4.69) is 10.5 Å². The third kappa shape index (κ3) is 5.37. The zero-order chi connectivity index (χ0) is 17.6. The predicted octanol–water partition coefficient (Wildman–Crippen LogP) is 3.14. The van der Waals surface area contributed by atoms with Gasteiger partial charge < -0.3 is 9.84 Å². The summed E-state index contributed by atoms with van der Waals surface area (Å²) in [6.07, 6.45) is 1.47. The lowest BCUT2D eigenvalue weighted by Gasteiger charge is -2.13. The van der Waals surface area contributed by atoms with Crippen LogP contribution in [0.1, 0.15) is 25.0 Å². The number of halogens is 1. The number of nitrogens with one attached hydrogen (secondary N) is 1. The number of para-hydroxylation sites is 1. The van der Waals surface area contributed by atoms with Crippen molar-refractivity contribution in [1.82, 2.24) is 5.43 Å². The number of carbonyl (C=O) groups is 1. The number of carbonyl (C=O) groups excluding carboxylic acids is 1. The molecule has 2 aromatic carbocycles. The molecule has 0 saturated heterocycles. The number of benzene rings is 2. The third-order valence-electron chi connectivity index (χ3n) is 3.13. The topological polar surface area (TPSA) is 70.9 Å². The minimum absolute atomic E-state index is 0.363. The Kier molecular flexibility index (Phi) is 5.95. The number of ether oxygens (including phenoxy) is 1. The van der Waals surface area contributed by atoms with Crippen molar-refractivity contribution >= 4 is 23.7 Å². The molecule has 0 fully saturated rings. The quantitative estimate of drug-likeness (QED) is 0.623. The third-order valence-corrected chi connectivity index (χ3v) is 3.36. The summed E-state index contributed by atoms with van der Waals surface area (Å²) in [7, 11) is 0. The molecule has 2 N–H and O–H groups in total. The Bertz CT molecular complexity index is 739. The Hall–Kier alpha value is -2.37. The van der Waals surface area contributed by atoms with E-state index in [1.54, 1.807) is 6.07 Å². The molecule has 126 valence electrons. The van der Waals surface area contributed by atoms with Gasteiger partial charge >= 0.3 is 0 Å². The lowest BCUT2D eigenvalue weighted by molar-refractivity contribution is -0.136. The molecule has 2 aromatic rings. The molecule has 0 unspecified atom stereocenters. The molecule has 0 aliphatic rings. The van der Waals surface area contributed by atoms with Gasteiger partial charge in [0.15, 0.2) is 0 Å². The Morgan fingerprint density at radius 2 is 2.04 bits per heavy atom. The summed E-state index contributed by atoms with van der Waals surface area (Å²) in [5, 5.41) is 14.1. The number of nitrogens with zero attached hydrogens (tertiary/aromatic N) is 1. The van der Waals surface area contributed by atoms with Crippen molar-refractivity contribution in [3.8, 4) is 5.75 Å². The molecule has 24 heavy (non-hydrogen) atoms. The fourth-order valence-electron chi connectivity index (χ4n) is 1.80. The summed E-state index contributed by atoms with van der Waals surface area (Å²) in [6.45, 7) is 3.14. The summed E-state index contributed by atoms with van der Waals surface area (Å²) < 4.78 is 5.79. The summed E-state index contributed by atoms with van der Waals surface area (Å²) >= 11 is 5.96. The van der Waals surface area contributed by atoms with Crippen molar-refractivity contribution in [2.75, 3.05) is 0 Å². The lowest BCUT2D eigenvalue weighted by atomic mass is 10.1. The second kappa shape index (κ2) is 7.95. The van der Waals surface area contributed by atoms with E-state index in [4.69, 9.17) is 16.3 Å². The first-order valence-electron chi connectivity index (χ1n) is 7.38. The highest BCUT2D eigenvalue weighted by atomic mass is 35.5. The van der Waals surface area contributed by atoms with Gasteiger partial charge in [0.05, 0.1) is 6.21 Å². The molecule has 0 aromatic heterocycles. The number of amides is 1. The predicted molar refractivity (Wildman–Crippen MR) is 94.3 cm³/mol. The minimum atomic E-state index is -1.49. The summed E-state index contributed by atoms with van der Waals surface area (Å²) in [6, 6.07) is 14.7. The van der Waals surface area contributed by atoms with Gasteiger partial charge in [0.25, 0.3) is 5.91 Å². The van der Waals surface area contributed by atoms with E-state index < -0.39 is 11.5 Å². The van der Waals surface area contributed by atoms with E-state index in [9.17, 15) is 9.90 Å². The van der Waals surface area contributed by atoms with Crippen LogP contribution in [0.3, 0.4) is 0 Å². The second-order valence-electron chi connectivity index (χ2n) is 5.71. The van der Waals surface area contributed by atoms with E-state index in [1.165, 1.54) is 20.1 Å². The first kappa shape index (κ1) is 18.0. The van der Waals surface area contributed by atoms with Crippen molar-refractivity contribution in [3.63, 3.8) is 0 Å². The highest BCUT2D eigenvalue weighted by molar-refractivity contribution is 6.30. The number of hydrogen-bond acceptors (Lipinski definition) is 4. The molecular weight excluding hydrogens is 328 g/mol. The van der Waals surface area contributed by atoms with Gasteiger partial charge in [-0.25, -0.2) is 5.43 Å². The molecule has 0 spiro atoms. The van der Waals surface area contributed by atoms with Crippen LogP contribution in [0.15, 0.2) is 53.6 Å². The standard InChI is InChI=1S/C18H19ClN2O3/c1-18(2,23)17(22)21-20-11-14-7-3-4-9-16(14)24-12-13-6-5-8-15(19)10-13/h3-11,23H,12H2,1-2H3,(H,21,22)/b20-11-.